The van der Waals surface area contributed by atoms with Crippen molar-refractivity contribution in [2.24, 2.45) is 5.73 Å². The van der Waals surface area contributed by atoms with Gasteiger partial charge in [0, 0.05) is 5.69 Å². The molecule has 0 unspecified atom stereocenters. The number of alkyl halides is 3. The van der Waals surface area contributed by atoms with E-state index >= 15 is 0 Å². The fraction of sp³-hybridized carbons (Fsp3) is 0.200. The van der Waals surface area contributed by atoms with Gasteiger partial charge in [-0.3, -0.25) is 9.59 Å². The van der Waals surface area contributed by atoms with Crippen LogP contribution < -0.4 is 16.4 Å². The molecule has 0 fully saturated rings. The van der Waals surface area contributed by atoms with Gasteiger partial charge >= 0.3 is 12.1 Å². The van der Waals surface area contributed by atoms with Gasteiger partial charge in [0.15, 0.2) is 0 Å². The number of carbonyl (C=O) groups is 2. The normalized spacial score (nSPS) is 11.0. The lowest BCUT2D eigenvalue weighted by Gasteiger charge is -2.11. The molecule has 0 spiro atoms. The van der Waals surface area contributed by atoms with E-state index in [1.165, 1.54) is 12.1 Å². The van der Waals surface area contributed by atoms with Crippen LogP contribution in [0.5, 0.6) is 0 Å². The maximum atomic E-state index is 12.1. The lowest BCUT2D eigenvalue weighted by Crippen LogP contribution is -2.30. The van der Waals surface area contributed by atoms with Gasteiger partial charge in [-0.05, 0) is 18.2 Å². The van der Waals surface area contributed by atoms with Crippen molar-refractivity contribution in [3.63, 3.8) is 0 Å². The summed E-state index contributed by atoms with van der Waals surface area (Å²) in [4.78, 5) is 21.8. The van der Waals surface area contributed by atoms with Gasteiger partial charge in [-0.25, -0.2) is 0 Å². The summed E-state index contributed by atoms with van der Waals surface area (Å²) >= 11 is 5.64. The molecule has 1 aromatic carbocycles. The third-order valence-electron chi connectivity index (χ3n) is 1.94. The number of nitrogens with two attached hydrogens (primary N) is 1. The monoisotopic (exact) mass is 295 g/mol. The molecule has 0 aliphatic heterocycles. The largest absolute Gasteiger partial charge is 0.471 e. The molecule has 0 bridgehead atoms. The van der Waals surface area contributed by atoms with Crippen molar-refractivity contribution < 1.29 is 22.8 Å². The minimum atomic E-state index is -5.03. The van der Waals surface area contributed by atoms with E-state index in [-0.39, 0.29) is 22.9 Å². The molecule has 0 saturated heterocycles. The average Bonchev–Trinajstić information content (AvgIpc) is 2.32. The van der Waals surface area contributed by atoms with Gasteiger partial charge in [0.1, 0.15) is 0 Å². The predicted molar refractivity (Wildman–Crippen MR) is 63.8 cm³/mol. The zero-order valence-corrected chi connectivity index (χ0v) is 10.1. The van der Waals surface area contributed by atoms with Crippen LogP contribution in [0.3, 0.4) is 0 Å². The number of rotatable bonds is 3. The lowest BCUT2D eigenvalue weighted by molar-refractivity contribution is -0.167. The second-order valence-corrected chi connectivity index (χ2v) is 3.81. The van der Waals surface area contributed by atoms with Crippen LogP contribution in [0.4, 0.5) is 24.5 Å². The standard InChI is InChI=1S/C10H9ClF3N3O2/c11-6-2-1-5(16-8(18)4-15)3-7(6)17-9(19)10(12,13)14/h1-3H,4,15H2,(H,16,18)(H,17,19). The highest BCUT2D eigenvalue weighted by molar-refractivity contribution is 6.34. The average molecular weight is 296 g/mol. The summed E-state index contributed by atoms with van der Waals surface area (Å²) in [6.07, 6.45) is -5.03. The van der Waals surface area contributed by atoms with Crippen molar-refractivity contribution in [1.29, 1.82) is 0 Å². The highest BCUT2D eigenvalue weighted by Gasteiger charge is 2.38. The van der Waals surface area contributed by atoms with Gasteiger partial charge in [-0.2, -0.15) is 13.2 Å². The topological polar surface area (TPSA) is 84.2 Å². The van der Waals surface area contributed by atoms with Gasteiger partial charge in [0.2, 0.25) is 5.91 Å². The minimum Gasteiger partial charge on any atom is -0.325 e. The van der Waals surface area contributed by atoms with E-state index < -0.39 is 18.0 Å². The SMILES string of the molecule is NCC(=O)Nc1ccc(Cl)c(NC(=O)C(F)(F)F)c1. The Bertz CT molecular complexity index is 505. The van der Waals surface area contributed by atoms with E-state index in [2.05, 4.69) is 5.32 Å². The zero-order chi connectivity index (χ0) is 14.6. The Morgan fingerprint density at radius 3 is 2.42 bits per heavy atom. The first-order chi connectivity index (χ1) is 8.74. The molecule has 0 saturated carbocycles. The molecule has 0 aliphatic rings. The Balaban J connectivity index is 2.92. The molecule has 9 heteroatoms. The number of hydrogen-bond acceptors (Lipinski definition) is 3. The fourth-order valence-electron chi connectivity index (χ4n) is 1.10. The van der Waals surface area contributed by atoms with Crippen LogP contribution in [0.2, 0.25) is 5.02 Å². The summed E-state index contributed by atoms with van der Waals surface area (Å²) in [5.41, 5.74) is 4.97. The van der Waals surface area contributed by atoms with Crippen molar-refractivity contribution in [3.8, 4) is 0 Å². The van der Waals surface area contributed by atoms with E-state index in [0.717, 1.165) is 6.07 Å². The second kappa shape index (κ2) is 5.89. The Labute approximate surface area is 110 Å². The van der Waals surface area contributed by atoms with Gasteiger partial charge in [-0.15, -0.1) is 0 Å². The molecule has 0 radical (unpaired) electrons. The number of benzene rings is 1. The van der Waals surface area contributed by atoms with Crippen LogP contribution in [-0.4, -0.2) is 24.5 Å². The first kappa shape index (κ1) is 15.3. The fourth-order valence-corrected chi connectivity index (χ4v) is 1.27. The van der Waals surface area contributed by atoms with Gasteiger partial charge in [0.25, 0.3) is 0 Å². The molecular formula is C10H9ClF3N3O2. The first-order valence-electron chi connectivity index (χ1n) is 4.91. The number of carbonyl (C=O) groups excluding carboxylic acids is 2. The number of halogens is 4. The number of anilines is 2. The van der Waals surface area contributed by atoms with Crippen LogP contribution >= 0.6 is 11.6 Å². The predicted octanol–water partition coefficient (Wildman–Crippen LogP) is 1.74. The molecule has 104 valence electrons. The molecule has 0 heterocycles. The zero-order valence-electron chi connectivity index (χ0n) is 9.34. The van der Waals surface area contributed by atoms with Crippen molar-refractivity contribution in [3.05, 3.63) is 23.2 Å². The maximum Gasteiger partial charge on any atom is 0.471 e. The van der Waals surface area contributed by atoms with E-state index in [1.807, 2.05) is 0 Å². The summed E-state index contributed by atoms with van der Waals surface area (Å²) in [6, 6.07) is 3.69. The summed E-state index contributed by atoms with van der Waals surface area (Å²) in [6.45, 7) is -0.285. The quantitative estimate of drug-likeness (QED) is 0.794. The second-order valence-electron chi connectivity index (χ2n) is 3.40. The molecule has 2 amide bonds. The summed E-state index contributed by atoms with van der Waals surface area (Å²) in [7, 11) is 0. The van der Waals surface area contributed by atoms with Gasteiger partial charge in [0.05, 0.1) is 17.3 Å². The lowest BCUT2D eigenvalue weighted by atomic mass is 10.2. The molecule has 0 atom stereocenters. The van der Waals surface area contributed by atoms with Crippen molar-refractivity contribution >= 4 is 34.8 Å². The van der Waals surface area contributed by atoms with Gasteiger partial charge in [-0.1, -0.05) is 11.6 Å². The number of hydrogen-bond donors (Lipinski definition) is 3. The molecular weight excluding hydrogens is 287 g/mol. The summed E-state index contributed by atoms with van der Waals surface area (Å²) in [5.74, 6) is -2.69. The third-order valence-corrected chi connectivity index (χ3v) is 2.27. The molecule has 0 aliphatic carbocycles. The third kappa shape index (κ3) is 4.42. The summed E-state index contributed by atoms with van der Waals surface area (Å²) in [5, 5.41) is 3.83. The van der Waals surface area contributed by atoms with Gasteiger partial charge < -0.3 is 16.4 Å². The highest BCUT2D eigenvalue weighted by Crippen LogP contribution is 2.27. The Morgan fingerprint density at radius 2 is 1.89 bits per heavy atom. The molecule has 4 N–H and O–H groups in total. The van der Waals surface area contributed by atoms with E-state index in [0.29, 0.717) is 0 Å². The molecule has 1 aromatic rings. The van der Waals surface area contributed by atoms with E-state index in [9.17, 15) is 22.8 Å². The number of amides is 2. The maximum absolute atomic E-state index is 12.1. The van der Waals surface area contributed by atoms with E-state index in [1.54, 1.807) is 5.32 Å². The number of nitrogens with one attached hydrogen (secondary N) is 2. The Morgan fingerprint density at radius 1 is 1.26 bits per heavy atom. The Hall–Kier alpha value is -1.80. The van der Waals surface area contributed by atoms with Crippen LogP contribution in [-0.2, 0) is 9.59 Å². The van der Waals surface area contributed by atoms with Crippen LogP contribution in [0, 0.1) is 0 Å². The molecule has 19 heavy (non-hydrogen) atoms. The Kier molecular flexibility index (Phi) is 4.73. The molecule has 0 aromatic heterocycles. The molecule has 5 nitrogen and oxygen atoms in total. The van der Waals surface area contributed by atoms with Crippen LogP contribution in [0.25, 0.3) is 0 Å². The highest BCUT2D eigenvalue weighted by atomic mass is 35.5. The summed E-state index contributed by atoms with van der Waals surface area (Å²) < 4.78 is 36.3. The van der Waals surface area contributed by atoms with Crippen molar-refractivity contribution in [2.45, 2.75) is 6.18 Å². The minimum absolute atomic E-state index is 0.0941. The molecule has 1 rings (SSSR count). The van der Waals surface area contributed by atoms with Crippen molar-refractivity contribution in [2.75, 3.05) is 17.2 Å². The van der Waals surface area contributed by atoms with Crippen LogP contribution in [0.15, 0.2) is 18.2 Å². The first-order valence-corrected chi connectivity index (χ1v) is 5.29. The smallest absolute Gasteiger partial charge is 0.325 e. The van der Waals surface area contributed by atoms with Crippen LogP contribution in [0.1, 0.15) is 0 Å². The van der Waals surface area contributed by atoms with E-state index in [4.69, 9.17) is 17.3 Å². The van der Waals surface area contributed by atoms with Crippen molar-refractivity contribution in [1.82, 2.24) is 0 Å².